The molecule has 0 radical (unpaired) electrons. The molecule has 0 saturated heterocycles. The predicted molar refractivity (Wildman–Crippen MR) is 134 cm³/mol. The molecular weight excluding hydrogens is 492 g/mol. The van der Waals surface area contributed by atoms with Crippen LogP contribution in [0.3, 0.4) is 0 Å². The fourth-order valence-corrected chi connectivity index (χ4v) is 3.24. The van der Waals surface area contributed by atoms with Gasteiger partial charge in [0.15, 0.2) is 0 Å². The molecule has 9 nitrogen and oxygen atoms in total. The van der Waals surface area contributed by atoms with Gasteiger partial charge in [-0.15, -0.1) is 0 Å². The third kappa shape index (κ3) is 6.33. The molecule has 1 aromatic heterocycles. The molecule has 4 rings (SSSR count). The summed E-state index contributed by atoms with van der Waals surface area (Å²) in [6.45, 7) is -0.238. The van der Waals surface area contributed by atoms with Crippen LogP contribution in [0.2, 0.25) is 5.02 Å². The Morgan fingerprint density at radius 3 is 1.94 bits per heavy atom. The number of nitrogens with zero attached hydrogens (tertiary/aromatic N) is 3. The van der Waals surface area contributed by atoms with Gasteiger partial charge in [-0.05, 0) is 42.5 Å². The number of aromatic nitrogens is 3. The first kappa shape index (κ1) is 24.6. The van der Waals surface area contributed by atoms with E-state index in [4.69, 9.17) is 16.3 Å². The maximum absolute atomic E-state index is 14.1. The van der Waals surface area contributed by atoms with Crippen molar-refractivity contribution in [1.29, 1.82) is 0 Å². The first-order chi connectivity index (χ1) is 17.4. The topological polar surface area (TPSA) is 113 Å². The number of anilines is 6. The molecule has 0 aliphatic carbocycles. The van der Waals surface area contributed by atoms with Gasteiger partial charge in [-0.25, -0.2) is 8.78 Å². The molecule has 4 N–H and O–H groups in total. The second-order valence-corrected chi connectivity index (χ2v) is 7.70. The van der Waals surface area contributed by atoms with Gasteiger partial charge in [0.2, 0.25) is 23.8 Å². The minimum atomic E-state index is -0.522. The van der Waals surface area contributed by atoms with Crippen molar-refractivity contribution in [3.8, 4) is 5.75 Å². The van der Waals surface area contributed by atoms with Crippen LogP contribution in [-0.4, -0.2) is 34.5 Å². The molecule has 4 aromatic rings. The summed E-state index contributed by atoms with van der Waals surface area (Å²) in [6, 6.07) is 16.7. The molecule has 0 unspecified atom stereocenters. The van der Waals surface area contributed by atoms with Gasteiger partial charge in [-0.1, -0.05) is 35.9 Å². The van der Waals surface area contributed by atoms with E-state index in [1.807, 2.05) is 0 Å². The van der Waals surface area contributed by atoms with Crippen LogP contribution in [0.1, 0.15) is 0 Å². The molecular formula is C24H20ClF2N7O2. The van der Waals surface area contributed by atoms with Gasteiger partial charge < -0.3 is 26.0 Å². The summed E-state index contributed by atoms with van der Waals surface area (Å²) in [5.41, 5.74) is 0.630. The summed E-state index contributed by atoms with van der Waals surface area (Å²) in [5.74, 6) is -1.14. The lowest BCUT2D eigenvalue weighted by molar-refractivity contribution is -0.114. The van der Waals surface area contributed by atoms with Crippen LogP contribution >= 0.6 is 11.6 Å². The number of amides is 1. The Morgan fingerprint density at radius 1 is 0.833 bits per heavy atom. The Balaban J connectivity index is 1.54. The Hall–Kier alpha value is -4.51. The van der Waals surface area contributed by atoms with Gasteiger partial charge in [-0.3, -0.25) is 4.79 Å². The molecule has 0 aliphatic heterocycles. The number of methoxy groups -OCH3 is 1. The average molecular weight is 512 g/mol. The van der Waals surface area contributed by atoms with Gasteiger partial charge in [0.1, 0.15) is 17.4 Å². The zero-order valence-corrected chi connectivity index (χ0v) is 19.6. The summed E-state index contributed by atoms with van der Waals surface area (Å²) in [5, 5.41) is 11.4. The van der Waals surface area contributed by atoms with Crippen LogP contribution in [-0.2, 0) is 4.79 Å². The summed E-state index contributed by atoms with van der Waals surface area (Å²) >= 11 is 6.00. The molecule has 3 aromatic carbocycles. The molecule has 0 spiro atoms. The molecule has 36 heavy (non-hydrogen) atoms. The van der Waals surface area contributed by atoms with Crippen molar-refractivity contribution >= 4 is 52.4 Å². The van der Waals surface area contributed by atoms with Crippen molar-refractivity contribution in [2.45, 2.75) is 0 Å². The number of ether oxygens (including phenoxy) is 1. The number of para-hydroxylation sites is 2. The molecule has 1 heterocycles. The maximum Gasteiger partial charge on any atom is 0.243 e. The fourth-order valence-electron chi connectivity index (χ4n) is 3.06. The van der Waals surface area contributed by atoms with Crippen LogP contribution in [0, 0.1) is 11.6 Å². The van der Waals surface area contributed by atoms with Crippen LogP contribution in [0.15, 0.2) is 66.7 Å². The highest BCUT2D eigenvalue weighted by Gasteiger charge is 2.13. The number of hydrogen-bond donors (Lipinski definition) is 4. The van der Waals surface area contributed by atoms with Crippen molar-refractivity contribution in [1.82, 2.24) is 15.0 Å². The number of benzene rings is 3. The Bertz CT molecular complexity index is 1320. The molecule has 0 aliphatic rings. The Kier molecular flexibility index (Phi) is 7.71. The van der Waals surface area contributed by atoms with Crippen molar-refractivity contribution < 1.29 is 18.3 Å². The summed E-state index contributed by atoms with van der Waals surface area (Å²) in [4.78, 5) is 25.1. The molecule has 184 valence electrons. The SMILES string of the molecule is COc1ccc(Cl)cc1NC(=O)CNc1nc(Nc2ccccc2F)nc(Nc2ccccc2F)n1. The van der Waals surface area contributed by atoms with E-state index in [1.54, 1.807) is 42.5 Å². The number of carbonyl (C=O) groups excluding carboxylic acids is 1. The third-order valence-electron chi connectivity index (χ3n) is 4.72. The minimum absolute atomic E-state index is 0.0177. The van der Waals surface area contributed by atoms with Crippen molar-refractivity contribution in [2.75, 3.05) is 34.9 Å². The lowest BCUT2D eigenvalue weighted by atomic mass is 10.3. The second-order valence-electron chi connectivity index (χ2n) is 7.26. The molecule has 12 heteroatoms. The summed E-state index contributed by atoms with van der Waals surface area (Å²) in [6.07, 6.45) is 0. The molecule has 0 saturated carbocycles. The van der Waals surface area contributed by atoms with E-state index in [2.05, 4.69) is 36.2 Å². The molecule has 0 bridgehead atoms. The van der Waals surface area contributed by atoms with Crippen LogP contribution in [0.25, 0.3) is 0 Å². The highest BCUT2D eigenvalue weighted by Crippen LogP contribution is 2.27. The summed E-state index contributed by atoms with van der Waals surface area (Å²) < 4.78 is 33.5. The fraction of sp³-hybridized carbons (Fsp3) is 0.0833. The van der Waals surface area contributed by atoms with Gasteiger partial charge >= 0.3 is 0 Å². The zero-order valence-electron chi connectivity index (χ0n) is 18.8. The summed E-state index contributed by atoms with van der Waals surface area (Å²) in [7, 11) is 1.47. The monoisotopic (exact) mass is 511 g/mol. The second kappa shape index (κ2) is 11.3. The van der Waals surface area contributed by atoms with Gasteiger partial charge in [-0.2, -0.15) is 15.0 Å². The van der Waals surface area contributed by atoms with E-state index in [1.165, 1.54) is 31.4 Å². The number of hydrogen-bond acceptors (Lipinski definition) is 8. The van der Waals surface area contributed by atoms with E-state index in [9.17, 15) is 13.6 Å². The van der Waals surface area contributed by atoms with Gasteiger partial charge in [0, 0.05) is 5.02 Å². The lowest BCUT2D eigenvalue weighted by Crippen LogP contribution is -2.23. The third-order valence-corrected chi connectivity index (χ3v) is 4.95. The molecule has 0 atom stereocenters. The smallest absolute Gasteiger partial charge is 0.243 e. The van der Waals surface area contributed by atoms with Crippen molar-refractivity contribution in [2.24, 2.45) is 0 Å². The zero-order chi connectivity index (χ0) is 25.5. The van der Waals surface area contributed by atoms with Gasteiger partial charge in [0.25, 0.3) is 0 Å². The van der Waals surface area contributed by atoms with Gasteiger partial charge in [0.05, 0.1) is 30.7 Å². The number of halogens is 3. The average Bonchev–Trinajstić information content (AvgIpc) is 2.86. The Labute approximate surface area is 209 Å². The normalized spacial score (nSPS) is 10.4. The number of nitrogens with one attached hydrogen (secondary N) is 4. The van der Waals surface area contributed by atoms with Crippen LogP contribution < -0.4 is 26.0 Å². The van der Waals surface area contributed by atoms with Crippen LogP contribution in [0.4, 0.5) is 43.7 Å². The minimum Gasteiger partial charge on any atom is -0.495 e. The first-order valence-electron chi connectivity index (χ1n) is 10.6. The quantitative estimate of drug-likeness (QED) is 0.238. The molecule has 1 amide bonds. The van der Waals surface area contributed by atoms with Crippen LogP contribution in [0.5, 0.6) is 5.75 Å². The number of carbonyl (C=O) groups is 1. The van der Waals surface area contributed by atoms with E-state index >= 15 is 0 Å². The van der Waals surface area contributed by atoms with Crippen molar-refractivity contribution in [3.63, 3.8) is 0 Å². The van der Waals surface area contributed by atoms with E-state index in [0.717, 1.165) is 0 Å². The first-order valence-corrected chi connectivity index (χ1v) is 11.0. The molecule has 0 fully saturated rings. The van der Waals surface area contributed by atoms with Crippen molar-refractivity contribution in [3.05, 3.63) is 83.4 Å². The van der Waals surface area contributed by atoms with E-state index in [-0.39, 0.29) is 35.8 Å². The number of rotatable bonds is 9. The van der Waals surface area contributed by atoms with E-state index < -0.39 is 17.5 Å². The maximum atomic E-state index is 14.1. The Morgan fingerprint density at radius 2 is 1.39 bits per heavy atom. The predicted octanol–water partition coefficient (Wildman–Crippen LogP) is 5.35. The largest absolute Gasteiger partial charge is 0.495 e. The highest BCUT2D eigenvalue weighted by atomic mass is 35.5. The van der Waals surface area contributed by atoms with E-state index in [0.29, 0.717) is 16.5 Å². The highest BCUT2D eigenvalue weighted by molar-refractivity contribution is 6.31. The standard InChI is InChI=1S/C24H20ClF2N7O2/c1-36-20-11-10-14(25)12-19(20)29-21(35)13-28-22-32-23(30-17-8-4-2-6-15(17)26)34-24(33-22)31-18-9-5-3-7-16(18)27/h2-12H,13H2,1H3,(H,29,35)(H3,28,30,31,32,33,34). The lowest BCUT2D eigenvalue weighted by Gasteiger charge is -2.13.